The Labute approximate surface area is 225 Å². The first-order valence-electron chi connectivity index (χ1n) is 12.0. The Kier molecular flexibility index (Phi) is 8.69. The van der Waals surface area contributed by atoms with E-state index >= 15 is 0 Å². The van der Waals surface area contributed by atoms with Gasteiger partial charge >= 0.3 is 6.03 Å². The van der Waals surface area contributed by atoms with Crippen molar-refractivity contribution in [1.82, 2.24) is 4.90 Å². The van der Waals surface area contributed by atoms with Gasteiger partial charge in [0.05, 0.1) is 28.8 Å². The molecule has 1 N–H and O–H groups in total. The van der Waals surface area contributed by atoms with Gasteiger partial charge in [0.2, 0.25) is 5.91 Å². The van der Waals surface area contributed by atoms with Gasteiger partial charge in [-0.1, -0.05) is 60.5 Å². The van der Waals surface area contributed by atoms with E-state index in [2.05, 4.69) is 5.32 Å². The Morgan fingerprint density at radius 1 is 0.973 bits per heavy atom. The van der Waals surface area contributed by atoms with Crippen LogP contribution in [0.15, 0.2) is 72.8 Å². The molecule has 1 fully saturated rings. The first-order valence-corrected chi connectivity index (χ1v) is 12.8. The molecule has 1 unspecified atom stereocenters. The zero-order valence-electron chi connectivity index (χ0n) is 20.3. The van der Waals surface area contributed by atoms with E-state index in [0.717, 1.165) is 16.9 Å². The standard InChI is InChI=1S/C28H27Cl2N3O4/c1-2-16-37-22-11-8-20(9-12-22)31-26(34)18-25-27(35)33(21-10-13-23(29)24(30)17-21)28(36)32(25)15-14-19-6-4-3-5-7-19/h3-13,17,25H,2,14-16,18H2,1H3,(H,31,34). The van der Waals surface area contributed by atoms with Crippen LogP contribution in [0, 0.1) is 0 Å². The van der Waals surface area contributed by atoms with Crippen LogP contribution in [0.5, 0.6) is 5.75 Å². The molecule has 9 heteroatoms. The Balaban J connectivity index is 1.52. The maximum Gasteiger partial charge on any atom is 0.332 e. The lowest BCUT2D eigenvalue weighted by Gasteiger charge is -2.21. The van der Waals surface area contributed by atoms with Crippen molar-refractivity contribution < 1.29 is 19.1 Å². The number of hydrogen-bond acceptors (Lipinski definition) is 4. The molecule has 37 heavy (non-hydrogen) atoms. The van der Waals surface area contributed by atoms with Gasteiger partial charge in [0, 0.05) is 12.2 Å². The second-order valence-electron chi connectivity index (χ2n) is 8.62. The maximum absolute atomic E-state index is 13.5. The van der Waals surface area contributed by atoms with Gasteiger partial charge in [0.1, 0.15) is 11.8 Å². The summed E-state index contributed by atoms with van der Waals surface area (Å²) in [5.74, 6) is -0.162. The van der Waals surface area contributed by atoms with Gasteiger partial charge in [-0.25, -0.2) is 9.69 Å². The van der Waals surface area contributed by atoms with Crippen molar-refractivity contribution in [1.29, 1.82) is 0 Å². The number of imide groups is 1. The Bertz CT molecular complexity index is 1270. The number of halogens is 2. The molecule has 1 saturated heterocycles. The third-order valence-corrected chi connectivity index (χ3v) is 6.69. The van der Waals surface area contributed by atoms with Crippen molar-refractivity contribution in [3.63, 3.8) is 0 Å². The van der Waals surface area contributed by atoms with E-state index in [9.17, 15) is 14.4 Å². The maximum atomic E-state index is 13.5. The van der Waals surface area contributed by atoms with Gasteiger partial charge in [-0.05, 0) is 60.9 Å². The molecule has 1 atom stereocenters. The van der Waals surface area contributed by atoms with Crippen LogP contribution < -0.4 is 15.0 Å². The number of nitrogens with zero attached hydrogens (tertiary/aromatic N) is 2. The highest BCUT2D eigenvalue weighted by Crippen LogP contribution is 2.32. The molecule has 192 valence electrons. The largest absolute Gasteiger partial charge is 0.494 e. The fourth-order valence-electron chi connectivity index (χ4n) is 4.09. The Morgan fingerprint density at radius 3 is 2.38 bits per heavy atom. The minimum Gasteiger partial charge on any atom is -0.494 e. The highest BCUT2D eigenvalue weighted by Gasteiger charge is 2.46. The summed E-state index contributed by atoms with van der Waals surface area (Å²) in [5, 5.41) is 3.35. The highest BCUT2D eigenvalue weighted by atomic mass is 35.5. The number of nitrogens with one attached hydrogen (secondary N) is 1. The Hall–Kier alpha value is -3.55. The van der Waals surface area contributed by atoms with E-state index in [1.807, 2.05) is 37.3 Å². The molecule has 0 saturated carbocycles. The summed E-state index contributed by atoms with van der Waals surface area (Å²) in [6.45, 7) is 2.90. The first-order chi connectivity index (χ1) is 17.9. The second-order valence-corrected chi connectivity index (χ2v) is 9.44. The molecular weight excluding hydrogens is 513 g/mol. The summed E-state index contributed by atoms with van der Waals surface area (Å²) >= 11 is 12.2. The number of carbonyl (C=O) groups excluding carboxylic acids is 3. The van der Waals surface area contributed by atoms with Crippen molar-refractivity contribution in [3.8, 4) is 5.75 Å². The molecule has 1 heterocycles. The number of ether oxygens (including phenoxy) is 1. The Morgan fingerprint density at radius 2 is 1.70 bits per heavy atom. The smallest absolute Gasteiger partial charge is 0.332 e. The van der Waals surface area contributed by atoms with Crippen molar-refractivity contribution >= 4 is 52.4 Å². The summed E-state index contributed by atoms with van der Waals surface area (Å²) in [5.41, 5.74) is 1.90. The molecule has 3 aromatic rings. The number of anilines is 2. The van der Waals surface area contributed by atoms with Gasteiger partial charge in [0.25, 0.3) is 5.91 Å². The first kappa shape index (κ1) is 26.5. The zero-order chi connectivity index (χ0) is 26.4. The van der Waals surface area contributed by atoms with Gasteiger partial charge in [-0.3, -0.25) is 9.59 Å². The summed E-state index contributed by atoms with van der Waals surface area (Å²) < 4.78 is 5.57. The quantitative estimate of drug-likeness (QED) is 0.311. The van der Waals surface area contributed by atoms with Crippen LogP contribution in [0.4, 0.5) is 16.2 Å². The molecule has 1 aliphatic heterocycles. The van der Waals surface area contributed by atoms with Crippen LogP contribution in [-0.4, -0.2) is 41.9 Å². The molecule has 1 aliphatic rings. The van der Waals surface area contributed by atoms with Crippen LogP contribution in [-0.2, 0) is 16.0 Å². The van der Waals surface area contributed by atoms with Crippen molar-refractivity contribution in [2.45, 2.75) is 32.2 Å². The summed E-state index contributed by atoms with van der Waals surface area (Å²) in [4.78, 5) is 42.3. The van der Waals surface area contributed by atoms with E-state index in [1.165, 1.54) is 17.0 Å². The van der Waals surface area contributed by atoms with Crippen LogP contribution in [0.1, 0.15) is 25.3 Å². The molecule has 3 aromatic carbocycles. The third-order valence-electron chi connectivity index (χ3n) is 5.95. The second kappa shape index (κ2) is 12.1. The van der Waals surface area contributed by atoms with Gasteiger partial charge in [-0.15, -0.1) is 0 Å². The molecule has 4 rings (SSSR count). The summed E-state index contributed by atoms with van der Waals surface area (Å²) in [7, 11) is 0. The predicted molar refractivity (Wildman–Crippen MR) is 145 cm³/mol. The van der Waals surface area contributed by atoms with Crippen molar-refractivity contribution in [2.24, 2.45) is 0 Å². The summed E-state index contributed by atoms with van der Waals surface area (Å²) in [6, 6.07) is 19.8. The molecule has 0 radical (unpaired) electrons. The average Bonchev–Trinajstić information content (AvgIpc) is 3.13. The lowest BCUT2D eigenvalue weighted by Crippen LogP contribution is -2.39. The minimum absolute atomic E-state index is 0.189. The van der Waals surface area contributed by atoms with Crippen LogP contribution >= 0.6 is 23.2 Å². The molecular formula is C28H27Cl2N3O4. The minimum atomic E-state index is -0.960. The fraction of sp³-hybridized carbons (Fsp3) is 0.250. The van der Waals surface area contributed by atoms with E-state index in [-0.39, 0.29) is 23.9 Å². The third kappa shape index (κ3) is 6.42. The molecule has 0 spiro atoms. The number of amides is 4. The number of urea groups is 1. The molecule has 0 bridgehead atoms. The number of hydrogen-bond donors (Lipinski definition) is 1. The van der Waals surface area contributed by atoms with E-state index in [0.29, 0.717) is 35.2 Å². The number of rotatable bonds is 10. The number of carbonyl (C=O) groups is 3. The predicted octanol–water partition coefficient (Wildman–Crippen LogP) is 6.19. The zero-order valence-corrected chi connectivity index (χ0v) is 21.8. The summed E-state index contributed by atoms with van der Waals surface area (Å²) in [6.07, 6.45) is 1.24. The molecule has 4 amide bonds. The van der Waals surface area contributed by atoms with Crippen molar-refractivity contribution in [2.75, 3.05) is 23.4 Å². The van der Waals surface area contributed by atoms with Gasteiger partial charge in [0.15, 0.2) is 0 Å². The van der Waals surface area contributed by atoms with Crippen LogP contribution in [0.2, 0.25) is 10.0 Å². The van der Waals surface area contributed by atoms with Gasteiger partial charge in [-0.2, -0.15) is 0 Å². The fourth-order valence-corrected chi connectivity index (χ4v) is 4.38. The van der Waals surface area contributed by atoms with Crippen LogP contribution in [0.25, 0.3) is 0 Å². The lowest BCUT2D eigenvalue weighted by molar-refractivity contribution is -0.124. The lowest BCUT2D eigenvalue weighted by atomic mass is 10.1. The molecule has 0 aliphatic carbocycles. The van der Waals surface area contributed by atoms with E-state index in [1.54, 1.807) is 30.3 Å². The average molecular weight is 540 g/mol. The topological polar surface area (TPSA) is 79.0 Å². The van der Waals surface area contributed by atoms with E-state index < -0.39 is 18.0 Å². The number of benzene rings is 3. The SMILES string of the molecule is CCCOc1ccc(NC(=O)CC2C(=O)N(c3ccc(Cl)c(Cl)c3)C(=O)N2CCc2ccccc2)cc1. The normalized spacial score (nSPS) is 15.3. The molecule has 7 nitrogen and oxygen atoms in total. The van der Waals surface area contributed by atoms with E-state index in [4.69, 9.17) is 27.9 Å². The van der Waals surface area contributed by atoms with Crippen molar-refractivity contribution in [3.05, 3.63) is 88.4 Å². The van der Waals surface area contributed by atoms with Gasteiger partial charge < -0.3 is 15.0 Å². The molecule has 0 aromatic heterocycles. The highest BCUT2D eigenvalue weighted by molar-refractivity contribution is 6.42. The monoisotopic (exact) mass is 539 g/mol. The van der Waals surface area contributed by atoms with Crippen LogP contribution in [0.3, 0.4) is 0 Å².